The first-order chi connectivity index (χ1) is 18.7. The summed E-state index contributed by atoms with van der Waals surface area (Å²) in [5.74, 6) is -0.322. The zero-order valence-electron chi connectivity index (χ0n) is 21.4. The fraction of sp³-hybridized carbons (Fsp3) is 0.286. The van der Waals surface area contributed by atoms with Crippen molar-refractivity contribution in [3.8, 4) is 11.5 Å². The van der Waals surface area contributed by atoms with Gasteiger partial charge in [0.05, 0.1) is 12.0 Å². The molecule has 1 aliphatic heterocycles. The van der Waals surface area contributed by atoms with E-state index < -0.39 is 16.1 Å². The lowest BCUT2D eigenvalue weighted by Gasteiger charge is -2.29. The Morgan fingerprint density at radius 3 is 2.46 bits per heavy atom. The molecule has 206 valence electrons. The van der Waals surface area contributed by atoms with Gasteiger partial charge < -0.3 is 20.5 Å². The Bertz CT molecular complexity index is 1430. The Labute approximate surface area is 232 Å². The second-order valence-corrected chi connectivity index (χ2v) is 11.5. The van der Waals surface area contributed by atoms with E-state index in [0.29, 0.717) is 41.3 Å². The van der Waals surface area contributed by atoms with Crippen LogP contribution in [0.1, 0.15) is 40.7 Å². The predicted octanol–water partition coefficient (Wildman–Crippen LogP) is 3.84. The highest BCUT2D eigenvalue weighted by Crippen LogP contribution is 2.27. The van der Waals surface area contributed by atoms with Gasteiger partial charge >= 0.3 is 0 Å². The van der Waals surface area contributed by atoms with E-state index in [1.54, 1.807) is 36.4 Å². The normalized spacial score (nSPS) is 15.9. The molecular formula is C28H30ClN3O6S. The van der Waals surface area contributed by atoms with Crippen LogP contribution in [0.25, 0.3) is 0 Å². The van der Waals surface area contributed by atoms with Gasteiger partial charge in [0.2, 0.25) is 15.9 Å². The summed E-state index contributed by atoms with van der Waals surface area (Å²) in [4.78, 5) is 25.6. The smallest absolute Gasteiger partial charge is 0.251 e. The Balaban J connectivity index is 1.52. The van der Waals surface area contributed by atoms with Crippen LogP contribution < -0.4 is 15.4 Å². The maximum Gasteiger partial charge on any atom is 0.251 e. The van der Waals surface area contributed by atoms with Gasteiger partial charge in [0.1, 0.15) is 6.04 Å². The summed E-state index contributed by atoms with van der Waals surface area (Å²) in [6.45, 7) is 0.685. The number of phenolic OH excluding ortho intramolecular Hbond substituents is 1. The highest BCUT2D eigenvalue weighted by Gasteiger charge is 2.36. The minimum atomic E-state index is -4.03. The number of carbonyl (C=O) groups is 2. The number of hydrogen-bond acceptors (Lipinski definition) is 6. The minimum absolute atomic E-state index is 0.0108. The molecular weight excluding hydrogens is 542 g/mol. The van der Waals surface area contributed by atoms with Crippen LogP contribution in [0.5, 0.6) is 11.5 Å². The van der Waals surface area contributed by atoms with Crippen molar-refractivity contribution in [3.63, 3.8) is 0 Å². The van der Waals surface area contributed by atoms with Crippen molar-refractivity contribution >= 4 is 33.4 Å². The first kappa shape index (κ1) is 28.4. The summed E-state index contributed by atoms with van der Waals surface area (Å²) in [7, 11) is -2.59. The second-order valence-electron chi connectivity index (χ2n) is 9.19. The standard InChI is InChI=1S/C28H30ClN3O6S/c1-38-26-16-20(7-14-25(26)33)17-31-27(34)21-8-5-19(6-9-21)18-32(24-4-2-3-15-30-28(24)35)39(36,37)23-12-10-22(29)11-13-23/h5-14,16,24,33H,2-4,15,17-18H2,1H3,(H,30,35)(H,31,34)/t24-/m1/s1. The van der Waals surface area contributed by atoms with Crippen molar-refractivity contribution in [2.45, 2.75) is 43.3 Å². The maximum absolute atomic E-state index is 13.7. The van der Waals surface area contributed by atoms with E-state index in [-0.39, 0.29) is 35.5 Å². The number of ether oxygens (including phenoxy) is 1. The van der Waals surface area contributed by atoms with Crippen molar-refractivity contribution in [1.29, 1.82) is 0 Å². The molecule has 1 heterocycles. The second kappa shape index (κ2) is 12.5. The first-order valence-electron chi connectivity index (χ1n) is 12.5. The third-order valence-electron chi connectivity index (χ3n) is 6.53. The number of methoxy groups -OCH3 is 1. The van der Waals surface area contributed by atoms with Gasteiger partial charge in [-0.2, -0.15) is 4.31 Å². The quantitative estimate of drug-likeness (QED) is 0.358. The third-order valence-corrected chi connectivity index (χ3v) is 8.65. The molecule has 0 aromatic heterocycles. The van der Waals surface area contributed by atoms with Gasteiger partial charge in [0.15, 0.2) is 11.5 Å². The molecule has 2 amide bonds. The number of carbonyl (C=O) groups excluding carboxylic acids is 2. The average Bonchev–Trinajstić information content (AvgIpc) is 3.15. The molecule has 9 nitrogen and oxygen atoms in total. The summed E-state index contributed by atoms with van der Waals surface area (Å²) in [6, 6.07) is 16.4. The highest BCUT2D eigenvalue weighted by atomic mass is 35.5. The van der Waals surface area contributed by atoms with E-state index in [0.717, 1.165) is 12.0 Å². The topological polar surface area (TPSA) is 125 Å². The lowest BCUT2D eigenvalue weighted by Crippen LogP contribution is -2.48. The van der Waals surface area contributed by atoms with Crippen LogP contribution in [0.15, 0.2) is 71.6 Å². The lowest BCUT2D eigenvalue weighted by atomic mass is 10.1. The van der Waals surface area contributed by atoms with Gasteiger partial charge in [-0.3, -0.25) is 9.59 Å². The van der Waals surface area contributed by atoms with E-state index in [1.165, 1.54) is 41.7 Å². The van der Waals surface area contributed by atoms with Crippen molar-refractivity contribution < 1.29 is 27.9 Å². The van der Waals surface area contributed by atoms with Gasteiger partial charge in [-0.25, -0.2) is 8.42 Å². The van der Waals surface area contributed by atoms with Crippen LogP contribution in [0.4, 0.5) is 0 Å². The number of sulfonamides is 1. The summed E-state index contributed by atoms with van der Waals surface area (Å²) >= 11 is 5.96. The number of halogens is 1. The molecule has 1 fully saturated rings. The molecule has 1 saturated heterocycles. The minimum Gasteiger partial charge on any atom is -0.504 e. The SMILES string of the molecule is COc1cc(CNC(=O)c2ccc(CN([C@@H]3CCCCNC3=O)S(=O)(=O)c3ccc(Cl)cc3)cc2)ccc1O. The lowest BCUT2D eigenvalue weighted by molar-refractivity contribution is -0.124. The van der Waals surface area contributed by atoms with E-state index in [4.69, 9.17) is 16.3 Å². The van der Waals surface area contributed by atoms with Gasteiger partial charge in [-0.05, 0) is 78.9 Å². The number of nitrogens with one attached hydrogen (secondary N) is 2. The van der Waals surface area contributed by atoms with Crippen LogP contribution in [-0.2, 0) is 27.9 Å². The van der Waals surface area contributed by atoms with E-state index in [1.807, 2.05) is 0 Å². The number of hydrogen-bond donors (Lipinski definition) is 3. The molecule has 0 aliphatic carbocycles. The number of rotatable bonds is 9. The molecule has 0 spiro atoms. The van der Waals surface area contributed by atoms with Crippen LogP contribution in [0.2, 0.25) is 5.02 Å². The number of benzene rings is 3. The van der Waals surface area contributed by atoms with Gasteiger partial charge in [0.25, 0.3) is 5.91 Å². The summed E-state index contributed by atoms with van der Waals surface area (Å²) in [5.41, 5.74) is 1.77. The highest BCUT2D eigenvalue weighted by molar-refractivity contribution is 7.89. The molecule has 4 rings (SSSR count). The predicted molar refractivity (Wildman–Crippen MR) is 147 cm³/mol. The summed E-state index contributed by atoms with van der Waals surface area (Å²) < 4.78 is 33.7. The van der Waals surface area contributed by atoms with E-state index in [2.05, 4.69) is 10.6 Å². The van der Waals surface area contributed by atoms with Crippen LogP contribution >= 0.6 is 11.6 Å². The molecule has 39 heavy (non-hydrogen) atoms. The van der Waals surface area contributed by atoms with Crippen molar-refractivity contribution in [3.05, 3.63) is 88.4 Å². The molecule has 3 N–H and O–H groups in total. The third kappa shape index (κ3) is 6.89. The Morgan fingerprint density at radius 2 is 1.77 bits per heavy atom. The molecule has 0 saturated carbocycles. The molecule has 0 radical (unpaired) electrons. The van der Waals surface area contributed by atoms with Crippen LogP contribution in [-0.4, -0.2) is 49.3 Å². The first-order valence-corrected chi connectivity index (χ1v) is 14.3. The summed E-state index contributed by atoms with van der Waals surface area (Å²) in [6.07, 6.45) is 1.89. The largest absolute Gasteiger partial charge is 0.504 e. The number of phenols is 1. The van der Waals surface area contributed by atoms with E-state index >= 15 is 0 Å². The Hall–Kier alpha value is -3.60. The fourth-order valence-corrected chi connectivity index (χ4v) is 6.09. The number of aromatic hydroxyl groups is 1. The van der Waals surface area contributed by atoms with E-state index in [9.17, 15) is 23.1 Å². The molecule has 0 bridgehead atoms. The van der Waals surface area contributed by atoms with Crippen LogP contribution in [0.3, 0.4) is 0 Å². The fourth-order valence-electron chi connectivity index (χ4n) is 4.36. The van der Waals surface area contributed by atoms with Crippen LogP contribution in [0, 0.1) is 0 Å². The number of amides is 2. The maximum atomic E-state index is 13.7. The molecule has 3 aromatic carbocycles. The van der Waals surface area contributed by atoms with Gasteiger partial charge in [-0.1, -0.05) is 29.8 Å². The zero-order chi connectivity index (χ0) is 28.0. The average molecular weight is 572 g/mol. The molecule has 1 aliphatic rings. The molecule has 11 heteroatoms. The Kier molecular flexibility index (Phi) is 9.11. The van der Waals surface area contributed by atoms with Gasteiger partial charge in [-0.15, -0.1) is 0 Å². The van der Waals surface area contributed by atoms with Crippen molar-refractivity contribution in [2.75, 3.05) is 13.7 Å². The Morgan fingerprint density at radius 1 is 1.08 bits per heavy atom. The zero-order valence-corrected chi connectivity index (χ0v) is 23.0. The van der Waals surface area contributed by atoms with Crippen molar-refractivity contribution in [1.82, 2.24) is 14.9 Å². The van der Waals surface area contributed by atoms with Gasteiger partial charge in [0, 0.05) is 30.2 Å². The number of nitrogens with zero attached hydrogens (tertiary/aromatic N) is 1. The van der Waals surface area contributed by atoms with Crippen molar-refractivity contribution in [2.24, 2.45) is 0 Å². The molecule has 3 aromatic rings. The molecule has 1 atom stereocenters. The summed E-state index contributed by atoms with van der Waals surface area (Å²) in [5, 5.41) is 15.8. The monoisotopic (exact) mass is 571 g/mol. The molecule has 0 unspecified atom stereocenters.